The van der Waals surface area contributed by atoms with Crippen molar-refractivity contribution in [2.45, 2.75) is 42.5 Å². The smallest absolute Gasteiger partial charge is 0.244 e. The van der Waals surface area contributed by atoms with E-state index in [9.17, 15) is 13.2 Å². The van der Waals surface area contributed by atoms with Crippen molar-refractivity contribution in [3.05, 3.63) is 18.3 Å². The van der Waals surface area contributed by atoms with Crippen molar-refractivity contribution in [3.63, 3.8) is 0 Å². The zero-order valence-corrected chi connectivity index (χ0v) is 16.2. The van der Waals surface area contributed by atoms with Gasteiger partial charge in [-0.15, -0.1) is 0 Å². The van der Waals surface area contributed by atoms with Crippen LogP contribution in [-0.2, 0) is 14.8 Å². The Labute approximate surface area is 154 Å². The number of hydrogen-bond acceptors (Lipinski definition) is 5. The third kappa shape index (κ3) is 4.54. The Morgan fingerprint density at radius 2 is 2.00 bits per heavy atom. The summed E-state index contributed by atoms with van der Waals surface area (Å²) >= 11 is 1.36. The number of hydrogen-bond donors (Lipinski definition) is 0. The minimum absolute atomic E-state index is 0.132. The molecule has 0 N–H and O–H groups in total. The SMILES string of the molecule is C[C@@H]1CCCN(C(=O)CSc2ccc(S(=O)(=O)N3CCCC3)cn2)C1. The number of amides is 1. The van der Waals surface area contributed by atoms with Crippen molar-refractivity contribution < 1.29 is 13.2 Å². The van der Waals surface area contributed by atoms with E-state index in [2.05, 4.69) is 11.9 Å². The molecule has 3 rings (SSSR count). The van der Waals surface area contributed by atoms with Crippen LogP contribution in [-0.4, -0.2) is 60.4 Å². The van der Waals surface area contributed by atoms with Gasteiger partial charge in [0.05, 0.1) is 10.8 Å². The van der Waals surface area contributed by atoms with Gasteiger partial charge < -0.3 is 4.90 Å². The number of rotatable bonds is 5. The summed E-state index contributed by atoms with van der Waals surface area (Å²) in [6.07, 6.45) is 5.49. The van der Waals surface area contributed by atoms with Crippen LogP contribution in [0.3, 0.4) is 0 Å². The minimum atomic E-state index is -3.42. The number of aromatic nitrogens is 1. The fraction of sp³-hybridized carbons (Fsp3) is 0.647. The van der Waals surface area contributed by atoms with Gasteiger partial charge >= 0.3 is 0 Å². The van der Waals surface area contributed by atoms with Crippen LogP contribution in [0.4, 0.5) is 0 Å². The molecule has 0 aromatic carbocycles. The molecule has 2 saturated heterocycles. The molecule has 0 aliphatic carbocycles. The summed E-state index contributed by atoms with van der Waals surface area (Å²) in [5, 5.41) is 0.679. The molecule has 1 aromatic rings. The Hall–Kier alpha value is -1.12. The van der Waals surface area contributed by atoms with Gasteiger partial charge in [0.15, 0.2) is 0 Å². The van der Waals surface area contributed by atoms with E-state index in [4.69, 9.17) is 0 Å². The van der Waals surface area contributed by atoms with Crippen LogP contribution in [0.2, 0.25) is 0 Å². The summed E-state index contributed by atoms with van der Waals surface area (Å²) in [5.41, 5.74) is 0. The largest absolute Gasteiger partial charge is 0.342 e. The Morgan fingerprint density at radius 3 is 2.64 bits per heavy atom. The Kier molecular flexibility index (Phi) is 6.01. The predicted octanol–water partition coefficient (Wildman–Crippen LogP) is 2.22. The van der Waals surface area contributed by atoms with Gasteiger partial charge in [-0.3, -0.25) is 4.79 Å². The van der Waals surface area contributed by atoms with E-state index in [-0.39, 0.29) is 10.8 Å². The van der Waals surface area contributed by atoms with Crippen LogP contribution in [0.15, 0.2) is 28.3 Å². The van der Waals surface area contributed by atoms with E-state index in [1.807, 2.05) is 4.90 Å². The lowest BCUT2D eigenvalue weighted by Gasteiger charge is -2.30. The molecule has 2 aliphatic heterocycles. The second-order valence-corrected chi connectivity index (χ2v) is 9.75. The topological polar surface area (TPSA) is 70.6 Å². The van der Waals surface area contributed by atoms with Gasteiger partial charge in [-0.25, -0.2) is 13.4 Å². The molecule has 0 radical (unpaired) electrons. The summed E-state index contributed by atoms with van der Waals surface area (Å²) in [4.78, 5) is 18.7. The molecule has 1 aromatic heterocycles. The van der Waals surface area contributed by atoms with Crippen molar-refractivity contribution in [2.75, 3.05) is 31.9 Å². The van der Waals surface area contributed by atoms with E-state index in [0.29, 0.717) is 29.8 Å². The summed E-state index contributed by atoms with van der Waals surface area (Å²) in [6, 6.07) is 3.29. The zero-order chi connectivity index (χ0) is 17.9. The van der Waals surface area contributed by atoms with Crippen molar-refractivity contribution in [3.8, 4) is 0 Å². The molecule has 2 fully saturated rings. The third-order valence-corrected chi connectivity index (χ3v) is 7.58. The molecule has 1 amide bonds. The molecule has 0 spiro atoms. The van der Waals surface area contributed by atoms with Gasteiger partial charge in [0.25, 0.3) is 0 Å². The molecule has 6 nitrogen and oxygen atoms in total. The van der Waals surface area contributed by atoms with Gasteiger partial charge in [-0.05, 0) is 43.7 Å². The molecule has 138 valence electrons. The van der Waals surface area contributed by atoms with E-state index < -0.39 is 10.0 Å². The standard InChI is InChI=1S/C17H25N3O3S2/c1-14-5-4-8-19(12-14)17(21)13-24-16-7-6-15(11-18-16)25(22,23)20-9-2-3-10-20/h6-7,11,14H,2-5,8-10,12-13H2,1H3/t14-/m1/s1. The highest BCUT2D eigenvalue weighted by molar-refractivity contribution is 7.99. The number of sulfonamides is 1. The molecule has 0 saturated carbocycles. The van der Waals surface area contributed by atoms with E-state index in [0.717, 1.165) is 32.4 Å². The number of piperidine rings is 1. The quantitative estimate of drug-likeness (QED) is 0.729. The number of carbonyl (C=O) groups excluding carboxylic acids is 1. The molecule has 3 heterocycles. The third-order valence-electron chi connectivity index (χ3n) is 4.77. The van der Waals surface area contributed by atoms with Crippen LogP contribution in [0.5, 0.6) is 0 Å². The molecular weight excluding hydrogens is 358 g/mol. The maximum atomic E-state index is 12.5. The number of pyridine rings is 1. The van der Waals surface area contributed by atoms with Crippen LogP contribution < -0.4 is 0 Å². The lowest BCUT2D eigenvalue weighted by molar-refractivity contribution is -0.130. The zero-order valence-electron chi connectivity index (χ0n) is 14.6. The first kappa shape index (κ1) is 18.7. The van der Waals surface area contributed by atoms with Crippen molar-refractivity contribution in [1.82, 2.24) is 14.2 Å². The number of nitrogens with zero attached hydrogens (tertiary/aromatic N) is 3. The second-order valence-electron chi connectivity index (χ2n) is 6.82. The molecule has 25 heavy (non-hydrogen) atoms. The van der Waals surface area contributed by atoms with E-state index >= 15 is 0 Å². The summed E-state index contributed by atoms with van der Waals surface area (Å²) < 4.78 is 26.4. The highest BCUT2D eigenvalue weighted by Gasteiger charge is 2.27. The molecule has 0 unspecified atom stereocenters. The average Bonchev–Trinajstić information content (AvgIpc) is 3.15. The first-order chi connectivity index (χ1) is 12.0. The number of likely N-dealkylation sites (tertiary alicyclic amines) is 1. The molecule has 0 bridgehead atoms. The van der Waals surface area contributed by atoms with Gasteiger partial charge in [0, 0.05) is 32.4 Å². The number of thioether (sulfide) groups is 1. The predicted molar refractivity (Wildman–Crippen MR) is 97.9 cm³/mol. The fourth-order valence-electron chi connectivity index (χ4n) is 3.33. The minimum Gasteiger partial charge on any atom is -0.342 e. The van der Waals surface area contributed by atoms with Crippen LogP contribution >= 0.6 is 11.8 Å². The highest BCUT2D eigenvalue weighted by atomic mass is 32.2. The van der Waals surface area contributed by atoms with Crippen molar-refractivity contribution >= 4 is 27.7 Å². The Bertz CT molecular complexity index is 700. The Balaban J connectivity index is 1.56. The number of carbonyl (C=O) groups is 1. The summed E-state index contributed by atoms with van der Waals surface area (Å²) in [7, 11) is -3.42. The Morgan fingerprint density at radius 1 is 1.24 bits per heavy atom. The fourth-order valence-corrected chi connectivity index (χ4v) is 5.53. The van der Waals surface area contributed by atoms with Crippen molar-refractivity contribution in [2.24, 2.45) is 5.92 Å². The van der Waals surface area contributed by atoms with Gasteiger partial charge in [0.2, 0.25) is 15.9 Å². The molecule has 8 heteroatoms. The second kappa shape index (κ2) is 8.05. The summed E-state index contributed by atoms with van der Waals surface area (Å²) in [5.74, 6) is 1.04. The lowest BCUT2D eigenvalue weighted by atomic mass is 10.0. The van der Waals surface area contributed by atoms with Crippen LogP contribution in [0.25, 0.3) is 0 Å². The monoisotopic (exact) mass is 383 g/mol. The average molecular weight is 384 g/mol. The van der Waals surface area contributed by atoms with Crippen molar-refractivity contribution in [1.29, 1.82) is 0 Å². The maximum Gasteiger partial charge on any atom is 0.244 e. The summed E-state index contributed by atoms with van der Waals surface area (Å²) in [6.45, 7) is 5.01. The van der Waals surface area contributed by atoms with Crippen LogP contribution in [0.1, 0.15) is 32.6 Å². The normalized spacial score (nSPS) is 22.3. The lowest BCUT2D eigenvalue weighted by Crippen LogP contribution is -2.40. The molecular formula is C17H25N3O3S2. The van der Waals surface area contributed by atoms with Gasteiger partial charge in [-0.2, -0.15) is 4.31 Å². The highest BCUT2D eigenvalue weighted by Crippen LogP contribution is 2.23. The maximum absolute atomic E-state index is 12.5. The van der Waals surface area contributed by atoms with Gasteiger partial charge in [-0.1, -0.05) is 18.7 Å². The first-order valence-electron chi connectivity index (χ1n) is 8.83. The molecule has 2 aliphatic rings. The first-order valence-corrected chi connectivity index (χ1v) is 11.3. The molecule has 1 atom stereocenters. The van der Waals surface area contributed by atoms with Gasteiger partial charge in [0.1, 0.15) is 4.90 Å². The van der Waals surface area contributed by atoms with E-state index in [1.54, 1.807) is 12.1 Å². The van der Waals surface area contributed by atoms with E-state index in [1.165, 1.54) is 28.7 Å². The van der Waals surface area contributed by atoms with Crippen LogP contribution in [0, 0.1) is 5.92 Å².